The van der Waals surface area contributed by atoms with Gasteiger partial charge in [0, 0.05) is 11.6 Å². The molecule has 2 aromatic heterocycles. The Bertz CT molecular complexity index is 1180. The van der Waals surface area contributed by atoms with Gasteiger partial charge in [0.15, 0.2) is 0 Å². The summed E-state index contributed by atoms with van der Waals surface area (Å²) in [6, 6.07) is 16.2. The first kappa shape index (κ1) is 17.6. The van der Waals surface area contributed by atoms with Crippen molar-refractivity contribution in [3.63, 3.8) is 0 Å². The smallest absolute Gasteiger partial charge is 0.333 e. The molecule has 138 valence electrons. The molecule has 0 radical (unpaired) electrons. The van der Waals surface area contributed by atoms with E-state index in [-0.39, 0.29) is 17.3 Å². The summed E-state index contributed by atoms with van der Waals surface area (Å²) in [6.07, 6.45) is 2.90. The fourth-order valence-electron chi connectivity index (χ4n) is 2.76. The Morgan fingerprint density at radius 3 is 2.29 bits per heavy atom. The summed E-state index contributed by atoms with van der Waals surface area (Å²) in [6.45, 7) is 0. The van der Waals surface area contributed by atoms with E-state index in [0.717, 1.165) is 5.39 Å². The van der Waals surface area contributed by atoms with Gasteiger partial charge in [-0.15, -0.1) is 0 Å². The molecule has 4 aromatic rings. The summed E-state index contributed by atoms with van der Waals surface area (Å²) in [5, 5.41) is 19.0. The number of nitrogens with one attached hydrogen (secondary N) is 2. The topological polar surface area (TPSA) is 106 Å². The van der Waals surface area contributed by atoms with E-state index >= 15 is 0 Å². The third-order valence-electron chi connectivity index (χ3n) is 4.02. The quantitative estimate of drug-likeness (QED) is 0.360. The van der Waals surface area contributed by atoms with Crippen molar-refractivity contribution in [3.05, 3.63) is 82.3 Å². The van der Waals surface area contributed by atoms with Gasteiger partial charge < -0.3 is 10.6 Å². The lowest BCUT2D eigenvalue weighted by atomic mass is 10.2. The van der Waals surface area contributed by atoms with Gasteiger partial charge in [0.2, 0.25) is 11.6 Å². The molecular weight excluding hydrogens is 380 g/mol. The highest BCUT2D eigenvalue weighted by molar-refractivity contribution is 6.33. The van der Waals surface area contributed by atoms with Crippen molar-refractivity contribution in [1.82, 2.24) is 15.0 Å². The number of rotatable bonds is 5. The van der Waals surface area contributed by atoms with Gasteiger partial charge in [0.05, 0.1) is 26.8 Å². The third kappa shape index (κ3) is 3.40. The molecule has 0 atom stereocenters. The second-order valence-corrected chi connectivity index (χ2v) is 6.19. The van der Waals surface area contributed by atoms with Crippen LogP contribution in [0.5, 0.6) is 0 Å². The molecule has 2 aromatic carbocycles. The lowest BCUT2D eigenvalue weighted by Crippen LogP contribution is -2.06. The number of fused-ring (bicyclic) bond motifs is 1. The van der Waals surface area contributed by atoms with Crippen LogP contribution in [-0.4, -0.2) is 19.9 Å². The molecule has 8 nitrogen and oxygen atoms in total. The normalized spacial score (nSPS) is 10.6. The molecule has 0 bridgehead atoms. The molecule has 4 rings (SSSR count). The maximum Gasteiger partial charge on any atom is 0.353 e. The maximum atomic E-state index is 11.8. The van der Waals surface area contributed by atoms with Crippen LogP contribution in [-0.2, 0) is 0 Å². The van der Waals surface area contributed by atoms with Crippen molar-refractivity contribution < 1.29 is 4.92 Å². The molecule has 9 heteroatoms. The van der Waals surface area contributed by atoms with Crippen LogP contribution in [0.15, 0.2) is 67.1 Å². The summed E-state index contributed by atoms with van der Waals surface area (Å²) in [4.78, 5) is 23.7. The van der Waals surface area contributed by atoms with Gasteiger partial charge >= 0.3 is 5.69 Å². The van der Waals surface area contributed by atoms with Crippen LogP contribution < -0.4 is 10.6 Å². The first-order valence-electron chi connectivity index (χ1n) is 8.25. The molecule has 0 aliphatic heterocycles. The SMILES string of the molecule is O=[N+]([O-])c1c(Nc2ccccc2Cl)ncnc1Nc1cccc2cccnc12. The molecule has 28 heavy (non-hydrogen) atoms. The molecular formula is C19H13ClN6O2. The van der Waals surface area contributed by atoms with Gasteiger partial charge in [-0.25, -0.2) is 9.97 Å². The molecule has 0 fully saturated rings. The lowest BCUT2D eigenvalue weighted by molar-refractivity contribution is -0.383. The zero-order chi connectivity index (χ0) is 19.5. The highest BCUT2D eigenvalue weighted by atomic mass is 35.5. The predicted octanol–water partition coefficient (Wildman–Crippen LogP) is 5.07. The minimum absolute atomic E-state index is 0.0313. The van der Waals surface area contributed by atoms with Crippen LogP contribution in [0.4, 0.5) is 28.7 Å². The number of anilines is 4. The van der Waals surface area contributed by atoms with Crippen molar-refractivity contribution in [2.45, 2.75) is 0 Å². The third-order valence-corrected chi connectivity index (χ3v) is 4.35. The van der Waals surface area contributed by atoms with Gasteiger partial charge in [-0.3, -0.25) is 15.1 Å². The average Bonchev–Trinajstić information content (AvgIpc) is 2.70. The van der Waals surface area contributed by atoms with Crippen LogP contribution >= 0.6 is 11.6 Å². The summed E-state index contributed by atoms with van der Waals surface area (Å²) in [7, 11) is 0. The second kappa shape index (κ2) is 7.45. The molecule has 2 heterocycles. The van der Waals surface area contributed by atoms with E-state index in [4.69, 9.17) is 11.6 Å². The molecule has 0 aliphatic carbocycles. The number of para-hydroxylation sites is 2. The van der Waals surface area contributed by atoms with Crippen LogP contribution in [0.1, 0.15) is 0 Å². The Morgan fingerprint density at radius 1 is 0.857 bits per heavy atom. The van der Waals surface area contributed by atoms with Gasteiger partial charge in [0.25, 0.3) is 0 Å². The number of hydrogen-bond donors (Lipinski definition) is 2. The molecule has 0 spiro atoms. The number of pyridine rings is 1. The summed E-state index contributed by atoms with van der Waals surface area (Å²) in [5.41, 5.74) is 1.49. The van der Waals surface area contributed by atoms with E-state index in [1.807, 2.05) is 24.3 Å². The lowest BCUT2D eigenvalue weighted by Gasteiger charge is -2.12. The van der Waals surface area contributed by atoms with E-state index in [0.29, 0.717) is 21.9 Å². The van der Waals surface area contributed by atoms with E-state index in [1.54, 1.807) is 36.5 Å². The van der Waals surface area contributed by atoms with Crippen molar-refractivity contribution in [2.24, 2.45) is 0 Å². The highest BCUT2D eigenvalue weighted by Crippen LogP contribution is 2.35. The van der Waals surface area contributed by atoms with E-state index < -0.39 is 4.92 Å². The first-order valence-corrected chi connectivity index (χ1v) is 8.63. The Balaban J connectivity index is 1.77. The van der Waals surface area contributed by atoms with E-state index in [9.17, 15) is 10.1 Å². The fourth-order valence-corrected chi connectivity index (χ4v) is 2.94. The Hall–Kier alpha value is -3.78. The van der Waals surface area contributed by atoms with Crippen molar-refractivity contribution in [3.8, 4) is 0 Å². The number of nitro groups is 1. The Kier molecular flexibility index (Phi) is 4.69. The van der Waals surface area contributed by atoms with E-state index in [2.05, 4.69) is 25.6 Å². The number of nitrogens with zero attached hydrogens (tertiary/aromatic N) is 4. The summed E-state index contributed by atoms with van der Waals surface area (Å²) in [5.74, 6) is 0.0801. The minimum atomic E-state index is -0.542. The van der Waals surface area contributed by atoms with Crippen LogP contribution in [0.3, 0.4) is 0 Å². The van der Waals surface area contributed by atoms with Crippen LogP contribution in [0, 0.1) is 10.1 Å². The number of benzene rings is 2. The number of halogens is 1. The summed E-state index contributed by atoms with van der Waals surface area (Å²) < 4.78 is 0. The molecule has 0 unspecified atom stereocenters. The number of aromatic nitrogens is 3. The van der Waals surface area contributed by atoms with Gasteiger partial charge in [0.1, 0.15) is 6.33 Å². The fraction of sp³-hybridized carbons (Fsp3) is 0. The zero-order valence-electron chi connectivity index (χ0n) is 14.3. The van der Waals surface area contributed by atoms with E-state index in [1.165, 1.54) is 6.33 Å². The van der Waals surface area contributed by atoms with Gasteiger partial charge in [-0.05, 0) is 24.3 Å². The van der Waals surface area contributed by atoms with Gasteiger partial charge in [-0.1, -0.05) is 41.9 Å². The molecule has 0 saturated heterocycles. The Labute approximate surface area is 164 Å². The average molecular weight is 393 g/mol. The van der Waals surface area contributed by atoms with Crippen LogP contribution in [0.2, 0.25) is 5.02 Å². The van der Waals surface area contributed by atoms with Crippen molar-refractivity contribution >= 4 is 51.2 Å². The largest absolute Gasteiger partial charge is 0.353 e. The van der Waals surface area contributed by atoms with Crippen molar-refractivity contribution in [2.75, 3.05) is 10.6 Å². The van der Waals surface area contributed by atoms with Crippen LogP contribution in [0.25, 0.3) is 10.9 Å². The summed E-state index contributed by atoms with van der Waals surface area (Å²) >= 11 is 6.14. The highest BCUT2D eigenvalue weighted by Gasteiger charge is 2.24. The first-order chi connectivity index (χ1) is 13.6. The van der Waals surface area contributed by atoms with Crippen molar-refractivity contribution in [1.29, 1.82) is 0 Å². The molecule has 0 amide bonds. The zero-order valence-corrected chi connectivity index (χ0v) is 15.1. The monoisotopic (exact) mass is 392 g/mol. The minimum Gasteiger partial charge on any atom is -0.333 e. The molecule has 0 saturated carbocycles. The second-order valence-electron chi connectivity index (χ2n) is 5.79. The molecule has 0 aliphatic rings. The van der Waals surface area contributed by atoms with Gasteiger partial charge in [-0.2, -0.15) is 0 Å². The molecule has 2 N–H and O–H groups in total. The predicted molar refractivity (Wildman–Crippen MR) is 108 cm³/mol. The standard InChI is InChI=1S/C19H13ClN6O2/c20-13-7-1-2-8-14(13)24-18-17(26(27)28)19(23-11-22-18)25-15-9-3-5-12-6-4-10-21-16(12)15/h1-11H,(H2,22,23,24,25). The maximum absolute atomic E-state index is 11.8. The Morgan fingerprint density at radius 2 is 1.54 bits per heavy atom. The number of hydrogen-bond acceptors (Lipinski definition) is 7.